The molecule has 1 saturated heterocycles. The highest BCUT2D eigenvalue weighted by Crippen LogP contribution is 2.22. The summed E-state index contributed by atoms with van der Waals surface area (Å²) in [5.74, 6) is -0.0330. The van der Waals surface area contributed by atoms with E-state index in [2.05, 4.69) is 10.0 Å². The number of ether oxygens (including phenoxy) is 1. The normalized spacial score (nSPS) is 16.5. The number of hydrogen-bond donors (Lipinski definition) is 2. The minimum atomic E-state index is -3.30. The molecule has 0 unspecified atom stereocenters. The minimum absolute atomic E-state index is 0.0125. The van der Waals surface area contributed by atoms with Crippen LogP contribution < -0.4 is 10.0 Å². The van der Waals surface area contributed by atoms with Crippen molar-refractivity contribution < 1.29 is 17.9 Å². The molecule has 1 heterocycles. The van der Waals surface area contributed by atoms with E-state index in [4.69, 9.17) is 4.74 Å². The number of nitrogens with one attached hydrogen (secondary N) is 2. The van der Waals surface area contributed by atoms with Gasteiger partial charge in [0.25, 0.3) is 0 Å². The van der Waals surface area contributed by atoms with Crippen molar-refractivity contribution in [3.63, 3.8) is 0 Å². The van der Waals surface area contributed by atoms with Crippen LogP contribution in [-0.2, 0) is 19.6 Å². The van der Waals surface area contributed by atoms with Crippen LogP contribution in [0.1, 0.15) is 18.4 Å². The predicted molar refractivity (Wildman–Crippen MR) is 81.8 cm³/mol. The Morgan fingerprint density at radius 2 is 1.95 bits per heavy atom. The summed E-state index contributed by atoms with van der Waals surface area (Å²) in [6.07, 6.45) is 2.57. The summed E-state index contributed by atoms with van der Waals surface area (Å²) in [6, 6.07) is 5.10. The molecule has 2 N–H and O–H groups in total. The second-order valence-electron chi connectivity index (χ2n) is 5.28. The smallest absolute Gasteiger partial charge is 0.229 e. The van der Waals surface area contributed by atoms with Gasteiger partial charge in [0.05, 0.1) is 11.9 Å². The number of rotatable bonds is 4. The average molecular weight is 312 g/mol. The molecule has 1 amide bonds. The highest BCUT2D eigenvalue weighted by atomic mass is 32.2. The largest absolute Gasteiger partial charge is 0.381 e. The van der Waals surface area contributed by atoms with Crippen molar-refractivity contribution in [2.75, 3.05) is 29.5 Å². The number of hydrogen-bond acceptors (Lipinski definition) is 4. The fraction of sp³-hybridized carbons (Fsp3) is 0.500. The van der Waals surface area contributed by atoms with Crippen LogP contribution >= 0.6 is 0 Å². The Labute approximate surface area is 124 Å². The van der Waals surface area contributed by atoms with Crippen molar-refractivity contribution in [3.8, 4) is 0 Å². The van der Waals surface area contributed by atoms with Gasteiger partial charge in [-0.1, -0.05) is 0 Å². The lowest BCUT2D eigenvalue weighted by atomic mass is 9.99. The zero-order valence-electron chi connectivity index (χ0n) is 12.2. The Hall–Kier alpha value is -1.60. The van der Waals surface area contributed by atoms with E-state index >= 15 is 0 Å². The van der Waals surface area contributed by atoms with Gasteiger partial charge in [-0.05, 0) is 43.5 Å². The van der Waals surface area contributed by atoms with Crippen molar-refractivity contribution in [1.29, 1.82) is 0 Å². The van der Waals surface area contributed by atoms with Gasteiger partial charge in [-0.15, -0.1) is 0 Å². The van der Waals surface area contributed by atoms with Crippen molar-refractivity contribution in [2.45, 2.75) is 19.8 Å². The molecule has 7 heteroatoms. The molecule has 116 valence electrons. The molecule has 0 aliphatic carbocycles. The summed E-state index contributed by atoms with van der Waals surface area (Å²) in [6.45, 7) is 3.03. The monoisotopic (exact) mass is 312 g/mol. The summed E-state index contributed by atoms with van der Waals surface area (Å²) in [5, 5.41) is 2.87. The van der Waals surface area contributed by atoms with Crippen LogP contribution in [0.5, 0.6) is 0 Å². The molecule has 2 rings (SSSR count). The Morgan fingerprint density at radius 1 is 1.29 bits per heavy atom. The number of carbonyl (C=O) groups is 1. The van der Waals surface area contributed by atoms with Gasteiger partial charge in [-0.2, -0.15) is 0 Å². The molecule has 1 fully saturated rings. The zero-order chi connectivity index (χ0) is 15.5. The summed E-state index contributed by atoms with van der Waals surface area (Å²) < 4.78 is 30.1. The van der Waals surface area contributed by atoms with Gasteiger partial charge >= 0.3 is 0 Å². The minimum Gasteiger partial charge on any atom is -0.381 e. The quantitative estimate of drug-likeness (QED) is 0.887. The number of benzene rings is 1. The van der Waals surface area contributed by atoms with Crippen molar-refractivity contribution >= 4 is 27.3 Å². The summed E-state index contributed by atoms with van der Waals surface area (Å²) in [4.78, 5) is 12.1. The molecule has 0 spiro atoms. The van der Waals surface area contributed by atoms with Gasteiger partial charge in [0.2, 0.25) is 15.9 Å². The lowest BCUT2D eigenvalue weighted by Crippen LogP contribution is -2.28. The van der Waals surface area contributed by atoms with Crippen molar-refractivity contribution in [1.82, 2.24) is 0 Å². The molecule has 0 bridgehead atoms. The van der Waals surface area contributed by atoms with Crippen molar-refractivity contribution in [2.24, 2.45) is 5.92 Å². The van der Waals surface area contributed by atoms with Gasteiger partial charge in [-0.25, -0.2) is 8.42 Å². The maximum absolute atomic E-state index is 12.1. The van der Waals surface area contributed by atoms with Crippen LogP contribution in [0.25, 0.3) is 0 Å². The Kier molecular flexibility index (Phi) is 4.84. The molecule has 0 saturated carbocycles. The highest BCUT2D eigenvalue weighted by molar-refractivity contribution is 7.92. The first kappa shape index (κ1) is 15.8. The number of amides is 1. The summed E-state index contributed by atoms with van der Waals surface area (Å²) in [5.41, 5.74) is 1.94. The first-order chi connectivity index (χ1) is 9.85. The van der Waals surface area contributed by atoms with E-state index in [0.717, 1.165) is 24.7 Å². The molecule has 21 heavy (non-hydrogen) atoms. The third-order valence-electron chi connectivity index (χ3n) is 3.38. The SMILES string of the molecule is Cc1cc(NC(=O)C2CCOCC2)ccc1NS(C)(=O)=O. The second kappa shape index (κ2) is 6.44. The average Bonchev–Trinajstić information content (AvgIpc) is 2.41. The van der Waals surface area contributed by atoms with Gasteiger partial charge in [0, 0.05) is 24.8 Å². The van der Waals surface area contributed by atoms with E-state index in [9.17, 15) is 13.2 Å². The fourth-order valence-electron chi connectivity index (χ4n) is 2.26. The third kappa shape index (κ3) is 4.71. The molecule has 1 aromatic rings. The molecule has 0 radical (unpaired) electrons. The van der Waals surface area contributed by atoms with Crippen LogP contribution in [0.2, 0.25) is 0 Å². The van der Waals surface area contributed by atoms with E-state index in [1.54, 1.807) is 25.1 Å². The molecular formula is C14H20N2O4S. The van der Waals surface area contributed by atoms with Gasteiger partial charge < -0.3 is 10.1 Å². The lowest BCUT2D eigenvalue weighted by Gasteiger charge is -2.21. The van der Waals surface area contributed by atoms with Crippen LogP contribution in [0, 0.1) is 12.8 Å². The highest BCUT2D eigenvalue weighted by Gasteiger charge is 2.21. The zero-order valence-corrected chi connectivity index (χ0v) is 13.0. The van der Waals surface area contributed by atoms with Crippen LogP contribution in [-0.4, -0.2) is 33.8 Å². The Bertz CT molecular complexity index is 622. The molecule has 0 atom stereocenters. The second-order valence-corrected chi connectivity index (χ2v) is 7.03. The van der Waals surface area contributed by atoms with E-state index in [-0.39, 0.29) is 11.8 Å². The molecular weight excluding hydrogens is 292 g/mol. The standard InChI is InChI=1S/C14H20N2O4S/c1-10-9-12(3-4-13(10)16-21(2,18)19)15-14(17)11-5-7-20-8-6-11/h3-4,9,11,16H,5-8H2,1-2H3,(H,15,17). The maximum atomic E-state index is 12.1. The van der Waals surface area contributed by atoms with Crippen LogP contribution in [0.3, 0.4) is 0 Å². The number of anilines is 2. The Morgan fingerprint density at radius 3 is 2.52 bits per heavy atom. The van der Waals surface area contributed by atoms with Crippen LogP contribution in [0.15, 0.2) is 18.2 Å². The van der Waals surface area contributed by atoms with Crippen LogP contribution in [0.4, 0.5) is 11.4 Å². The molecule has 6 nitrogen and oxygen atoms in total. The van der Waals surface area contributed by atoms with Gasteiger partial charge in [-0.3, -0.25) is 9.52 Å². The molecule has 1 aliphatic rings. The van der Waals surface area contributed by atoms with E-state index in [1.807, 2.05) is 0 Å². The lowest BCUT2D eigenvalue weighted by molar-refractivity contribution is -0.122. The summed E-state index contributed by atoms with van der Waals surface area (Å²) >= 11 is 0. The first-order valence-electron chi connectivity index (χ1n) is 6.82. The molecule has 1 aliphatic heterocycles. The number of sulfonamides is 1. The summed E-state index contributed by atoms with van der Waals surface area (Å²) in [7, 11) is -3.30. The molecule has 0 aromatic heterocycles. The van der Waals surface area contributed by atoms with E-state index in [0.29, 0.717) is 24.6 Å². The first-order valence-corrected chi connectivity index (χ1v) is 8.71. The van der Waals surface area contributed by atoms with Crippen molar-refractivity contribution in [3.05, 3.63) is 23.8 Å². The fourth-order valence-corrected chi connectivity index (χ4v) is 2.89. The predicted octanol–water partition coefficient (Wildman–Crippen LogP) is 1.73. The Balaban J connectivity index is 2.04. The van der Waals surface area contributed by atoms with Gasteiger partial charge in [0.15, 0.2) is 0 Å². The maximum Gasteiger partial charge on any atom is 0.229 e. The topological polar surface area (TPSA) is 84.5 Å². The van der Waals surface area contributed by atoms with E-state index in [1.165, 1.54) is 0 Å². The number of aryl methyl sites for hydroxylation is 1. The van der Waals surface area contributed by atoms with Gasteiger partial charge in [0.1, 0.15) is 0 Å². The third-order valence-corrected chi connectivity index (χ3v) is 3.97. The number of carbonyl (C=O) groups excluding carboxylic acids is 1. The molecule has 1 aromatic carbocycles. The van der Waals surface area contributed by atoms with E-state index < -0.39 is 10.0 Å².